The molecule has 8 heterocycles. The minimum Gasteiger partial charge on any atom is -0.474 e. The average Bonchev–Trinajstić information content (AvgIpc) is 3.91. The van der Waals surface area contributed by atoms with E-state index >= 15 is 0 Å². The first-order valence-corrected chi connectivity index (χ1v) is 27.9. The fourth-order valence-electron chi connectivity index (χ4n) is 8.91. The van der Waals surface area contributed by atoms with E-state index < -0.39 is 31.2 Å². The molecule has 0 spiro atoms. The van der Waals surface area contributed by atoms with Gasteiger partial charge in [0.25, 0.3) is 11.1 Å². The van der Waals surface area contributed by atoms with E-state index in [1.165, 1.54) is 33.1 Å². The number of hydrogen-bond acceptors (Lipinski definition) is 18. The van der Waals surface area contributed by atoms with Crippen LogP contribution in [-0.4, -0.2) is 190 Å². The molecule has 0 bridgehead atoms. The highest BCUT2D eigenvalue weighted by Crippen LogP contribution is 2.33. The summed E-state index contributed by atoms with van der Waals surface area (Å²) in [5, 5.41) is 8.59. The number of nitrogens with zero attached hydrogens (tertiary/aromatic N) is 12. The SMILES string of the molecule is CCc1c2nc(-c3cc(S(=O)(=O)N4CCN(CC)CC4)cnc3OC(C)CCOC)[nH]c(=O)c2nn1C.CCc1c2nc(-c3cc(S(=O)(=O)N4CCN(CC)CC4)cnc3OC(C)CCOC)[nH]c(=O)c2nn1C. The smallest absolute Gasteiger partial charge is 0.279 e. The number of likely N-dealkylation sites (N-methyl/N-ethyl adjacent to an activating group) is 2. The van der Waals surface area contributed by atoms with E-state index in [2.05, 4.69) is 63.7 Å². The molecule has 0 saturated carbocycles. The highest BCUT2D eigenvalue weighted by Gasteiger charge is 2.32. The van der Waals surface area contributed by atoms with Crippen LogP contribution in [0.25, 0.3) is 44.8 Å². The molecule has 8 rings (SSSR count). The maximum Gasteiger partial charge on any atom is 0.279 e. The minimum atomic E-state index is -3.81. The number of H-pyrrole nitrogens is 2. The molecule has 0 aliphatic carbocycles. The Labute approximate surface area is 431 Å². The van der Waals surface area contributed by atoms with Crippen LogP contribution in [0.2, 0.25) is 0 Å². The predicted octanol–water partition coefficient (Wildman–Crippen LogP) is 2.82. The second-order valence-corrected chi connectivity index (χ2v) is 22.1. The summed E-state index contributed by atoms with van der Waals surface area (Å²) in [6.07, 6.45) is 4.53. The van der Waals surface area contributed by atoms with Gasteiger partial charge in [0, 0.05) is 107 Å². The van der Waals surface area contributed by atoms with Gasteiger partial charge in [0.05, 0.1) is 47.1 Å². The number of sulfonamides is 2. The Balaban J connectivity index is 0.000000216. The van der Waals surface area contributed by atoms with Crippen molar-refractivity contribution in [1.82, 2.24) is 67.9 Å². The van der Waals surface area contributed by atoms with Crippen LogP contribution in [0.1, 0.15) is 65.8 Å². The molecule has 6 aromatic heterocycles. The van der Waals surface area contributed by atoms with Gasteiger partial charge in [-0.25, -0.2) is 36.8 Å². The van der Waals surface area contributed by atoms with E-state index in [9.17, 15) is 26.4 Å². The molecule has 6 aromatic rings. The maximum atomic E-state index is 13.5. The summed E-state index contributed by atoms with van der Waals surface area (Å²) in [4.78, 5) is 54.0. The minimum absolute atomic E-state index is 0.0222. The van der Waals surface area contributed by atoms with Crippen LogP contribution in [0.5, 0.6) is 11.8 Å². The van der Waals surface area contributed by atoms with Gasteiger partial charge < -0.3 is 38.7 Å². The van der Waals surface area contributed by atoms with Crippen molar-refractivity contribution in [1.29, 1.82) is 0 Å². The summed E-state index contributed by atoms with van der Waals surface area (Å²) in [5.41, 5.74) is 2.72. The lowest BCUT2D eigenvalue weighted by Crippen LogP contribution is -2.48. The van der Waals surface area contributed by atoms with Crippen molar-refractivity contribution in [2.45, 2.75) is 89.2 Å². The molecule has 0 amide bonds. The van der Waals surface area contributed by atoms with Crippen LogP contribution in [-0.2, 0) is 56.5 Å². The normalized spacial score (nSPS) is 16.4. The lowest BCUT2D eigenvalue weighted by Gasteiger charge is -2.33. The number of pyridine rings is 2. The third kappa shape index (κ3) is 12.2. The molecule has 2 fully saturated rings. The number of aromatic nitrogens is 10. The molecule has 2 atom stereocenters. The predicted molar refractivity (Wildman–Crippen MR) is 278 cm³/mol. The van der Waals surface area contributed by atoms with Gasteiger partial charge in [-0.3, -0.25) is 19.0 Å². The number of methoxy groups -OCH3 is 2. The number of fused-ring (bicyclic) bond motifs is 2. The molecule has 2 aliphatic rings. The van der Waals surface area contributed by atoms with E-state index in [1.807, 2.05) is 27.7 Å². The van der Waals surface area contributed by atoms with Crippen LogP contribution in [0.3, 0.4) is 0 Å². The Kier molecular flexibility index (Phi) is 18.4. The van der Waals surface area contributed by atoms with Gasteiger partial charge in [-0.15, -0.1) is 0 Å². The molecule has 0 aromatic carbocycles. The van der Waals surface area contributed by atoms with Crippen LogP contribution in [0.4, 0.5) is 0 Å². The summed E-state index contributed by atoms with van der Waals surface area (Å²) in [7, 11) is -0.879. The van der Waals surface area contributed by atoms with Crippen molar-refractivity contribution in [3.8, 4) is 34.5 Å². The number of rotatable bonds is 20. The maximum absolute atomic E-state index is 13.5. The summed E-state index contributed by atoms with van der Waals surface area (Å²) >= 11 is 0. The van der Waals surface area contributed by atoms with Crippen LogP contribution >= 0.6 is 0 Å². The quantitative estimate of drug-likeness (QED) is 0.111. The first-order chi connectivity index (χ1) is 35.4. The number of aromatic amines is 2. The van der Waals surface area contributed by atoms with Crippen LogP contribution in [0, 0.1) is 0 Å². The fraction of sp³-hybridized carbons (Fsp3) is 0.583. The summed E-state index contributed by atoms with van der Waals surface area (Å²) in [5.74, 6) is 0.717. The van der Waals surface area contributed by atoms with Crippen molar-refractivity contribution in [2.75, 3.05) is 92.9 Å². The van der Waals surface area contributed by atoms with Crippen molar-refractivity contribution in [2.24, 2.45) is 14.1 Å². The lowest BCUT2D eigenvalue weighted by atomic mass is 10.2. The van der Waals surface area contributed by atoms with Gasteiger partial charge in [0.2, 0.25) is 31.8 Å². The first kappa shape index (κ1) is 56.0. The van der Waals surface area contributed by atoms with Gasteiger partial charge in [0.15, 0.2) is 11.0 Å². The van der Waals surface area contributed by atoms with E-state index in [0.717, 1.165) is 24.5 Å². The molecule has 74 heavy (non-hydrogen) atoms. The van der Waals surface area contributed by atoms with Crippen molar-refractivity contribution in [3.63, 3.8) is 0 Å². The number of aryl methyl sites for hydroxylation is 4. The third-order valence-electron chi connectivity index (χ3n) is 13.4. The Bertz CT molecular complexity index is 3040. The third-order valence-corrected chi connectivity index (χ3v) is 17.1. The highest BCUT2D eigenvalue weighted by molar-refractivity contribution is 7.89. The largest absolute Gasteiger partial charge is 0.474 e. The second-order valence-electron chi connectivity index (χ2n) is 18.2. The van der Waals surface area contributed by atoms with Crippen LogP contribution < -0.4 is 20.6 Å². The number of piperazine rings is 2. The van der Waals surface area contributed by atoms with Gasteiger partial charge in [-0.05, 0) is 51.9 Å². The number of ether oxygens (including phenoxy) is 4. The van der Waals surface area contributed by atoms with E-state index in [0.29, 0.717) is 113 Å². The molecular weight excluding hydrogens is 997 g/mol. The number of nitrogens with one attached hydrogen (secondary N) is 2. The molecular formula is C48H70N14O10S2. The van der Waals surface area contributed by atoms with E-state index in [4.69, 9.17) is 18.9 Å². The monoisotopic (exact) mass is 1070 g/mol. The Morgan fingerprint density at radius 3 is 1.27 bits per heavy atom. The van der Waals surface area contributed by atoms with E-state index in [-0.39, 0.29) is 56.4 Å². The molecule has 2 aliphatic heterocycles. The summed E-state index contributed by atoms with van der Waals surface area (Å²) < 4.78 is 82.7. The fourth-order valence-corrected chi connectivity index (χ4v) is 11.7. The van der Waals surface area contributed by atoms with Gasteiger partial charge >= 0.3 is 0 Å². The summed E-state index contributed by atoms with van der Waals surface area (Å²) in [6, 6.07) is 2.97. The van der Waals surface area contributed by atoms with Gasteiger partial charge in [-0.1, -0.05) is 27.7 Å². The molecule has 2 N–H and O–H groups in total. The zero-order valence-corrected chi connectivity index (χ0v) is 45.7. The molecule has 0 radical (unpaired) electrons. The van der Waals surface area contributed by atoms with Gasteiger partial charge in [-0.2, -0.15) is 18.8 Å². The second kappa shape index (κ2) is 24.3. The highest BCUT2D eigenvalue weighted by atomic mass is 32.2. The Morgan fingerprint density at radius 2 is 0.946 bits per heavy atom. The zero-order valence-electron chi connectivity index (χ0n) is 44.0. The lowest BCUT2D eigenvalue weighted by molar-refractivity contribution is 0.132. The average molecular weight is 1070 g/mol. The van der Waals surface area contributed by atoms with Crippen molar-refractivity contribution < 1.29 is 35.8 Å². The molecule has 26 heteroatoms. The molecule has 24 nitrogen and oxygen atoms in total. The Hall–Kier alpha value is -5.74. The topological polar surface area (TPSA) is 271 Å². The molecule has 404 valence electrons. The number of hydrogen-bond donors (Lipinski definition) is 2. The summed E-state index contributed by atoms with van der Waals surface area (Å²) in [6.45, 7) is 18.8. The Morgan fingerprint density at radius 1 is 0.581 bits per heavy atom. The molecule has 2 unspecified atom stereocenters. The molecule has 2 saturated heterocycles. The van der Waals surface area contributed by atoms with Gasteiger partial charge in [0.1, 0.15) is 32.5 Å². The van der Waals surface area contributed by atoms with Crippen molar-refractivity contribution >= 4 is 42.1 Å². The van der Waals surface area contributed by atoms with E-state index in [1.54, 1.807) is 37.7 Å². The standard InChI is InChI=1S/2C24H35N7O5S/c2*1-6-19-20-21(28-29(19)4)23(32)27-22(26-20)18-14-17(15-25-24(18)36-16(3)8-13-35-5)37(33,34)31-11-9-30(7-2)10-12-31/h2*14-16H,6-13H2,1-5H3,(H,26,27,32). The van der Waals surface area contributed by atoms with Crippen LogP contribution in [0.15, 0.2) is 43.9 Å². The van der Waals surface area contributed by atoms with Crippen molar-refractivity contribution in [3.05, 3.63) is 56.6 Å². The zero-order chi connectivity index (χ0) is 53.5. The first-order valence-electron chi connectivity index (χ1n) is 25.1.